The van der Waals surface area contributed by atoms with E-state index in [1.165, 1.54) is 0 Å². The Bertz CT molecular complexity index is 999. The summed E-state index contributed by atoms with van der Waals surface area (Å²) in [5, 5.41) is 8.22. The van der Waals surface area contributed by atoms with Crippen molar-refractivity contribution in [3.05, 3.63) is 75.0 Å². The van der Waals surface area contributed by atoms with Gasteiger partial charge in [0, 0.05) is 5.56 Å². The zero-order valence-electron chi connectivity index (χ0n) is 15.2. The molecular weight excluding hydrogens is 385 g/mol. The minimum atomic E-state index is -0.263. The lowest BCUT2D eigenvalue weighted by molar-refractivity contribution is 0.102. The summed E-state index contributed by atoms with van der Waals surface area (Å²) in [6.45, 7) is 4.36. The summed E-state index contributed by atoms with van der Waals surface area (Å²) in [5.41, 5.74) is 3.78. The second-order valence-corrected chi connectivity index (χ2v) is 6.95. The van der Waals surface area contributed by atoms with Crippen molar-refractivity contribution in [1.29, 1.82) is 0 Å². The SMILES string of the molecule is COc1cccc(Cn2nc(C)c(NC(=O)c3ccc(Cl)c(Cl)c3)c2C)c1. The molecule has 0 fully saturated rings. The molecular formula is C20H19Cl2N3O2. The molecule has 1 aromatic heterocycles. The number of carbonyl (C=O) groups excluding carboxylic acids is 1. The Labute approximate surface area is 167 Å². The van der Waals surface area contributed by atoms with E-state index >= 15 is 0 Å². The van der Waals surface area contributed by atoms with E-state index in [4.69, 9.17) is 27.9 Å². The van der Waals surface area contributed by atoms with Crippen LogP contribution in [-0.2, 0) is 6.54 Å². The van der Waals surface area contributed by atoms with Gasteiger partial charge >= 0.3 is 0 Å². The molecule has 3 aromatic rings. The highest BCUT2D eigenvalue weighted by molar-refractivity contribution is 6.42. The minimum Gasteiger partial charge on any atom is -0.497 e. The molecule has 27 heavy (non-hydrogen) atoms. The summed E-state index contributed by atoms with van der Waals surface area (Å²) in [7, 11) is 1.64. The fraction of sp³-hybridized carbons (Fsp3) is 0.200. The molecule has 0 unspecified atom stereocenters. The number of hydrogen-bond donors (Lipinski definition) is 1. The lowest BCUT2D eigenvalue weighted by atomic mass is 10.2. The molecule has 0 aliphatic rings. The van der Waals surface area contributed by atoms with E-state index in [1.807, 2.05) is 42.8 Å². The largest absolute Gasteiger partial charge is 0.497 e. The molecule has 1 N–H and O–H groups in total. The Morgan fingerprint density at radius 3 is 2.63 bits per heavy atom. The fourth-order valence-electron chi connectivity index (χ4n) is 2.80. The zero-order chi connectivity index (χ0) is 19.6. The number of amides is 1. The van der Waals surface area contributed by atoms with Crippen molar-refractivity contribution in [3.63, 3.8) is 0 Å². The molecule has 140 valence electrons. The van der Waals surface area contributed by atoms with Crippen molar-refractivity contribution in [2.75, 3.05) is 12.4 Å². The first-order valence-corrected chi connectivity index (χ1v) is 9.08. The molecule has 0 saturated carbocycles. The van der Waals surface area contributed by atoms with Crippen LogP contribution in [0.1, 0.15) is 27.3 Å². The van der Waals surface area contributed by atoms with Crippen LogP contribution < -0.4 is 10.1 Å². The van der Waals surface area contributed by atoms with Crippen LogP contribution in [0, 0.1) is 13.8 Å². The third-order valence-corrected chi connectivity index (χ3v) is 5.01. The van der Waals surface area contributed by atoms with Gasteiger partial charge in [-0.1, -0.05) is 35.3 Å². The third kappa shape index (κ3) is 4.26. The van der Waals surface area contributed by atoms with Crippen molar-refractivity contribution in [3.8, 4) is 5.75 Å². The Morgan fingerprint density at radius 2 is 1.93 bits per heavy atom. The standard InChI is InChI=1S/C20H19Cl2N3O2/c1-12-19(23-20(26)15-7-8-17(21)18(22)10-15)13(2)25(24-12)11-14-5-4-6-16(9-14)27-3/h4-10H,11H2,1-3H3,(H,23,26). The molecule has 3 rings (SSSR count). The van der Waals surface area contributed by atoms with Gasteiger partial charge in [-0.3, -0.25) is 9.48 Å². The van der Waals surface area contributed by atoms with Gasteiger partial charge in [0.15, 0.2) is 0 Å². The number of aryl methyl sites for hydroxylation is 1. The molecule has 0 atom stereocenters. The van der Waals surface area contributed by atoms with Crippen LogP contribution in [0.25, 0.3) is 0 Å². The average molecular weight is 404 g/mol. The van der Waals surface area contributed by atoms with Gasteiger partial charge < -0.3 is 10.1 Å². The summed E-state index contributed by atoms with van der Waals surface area (Å²) in [6.07, 6.45) is 0. The average Bonchev–Trinajstić information content (AvgIpc) is 2.91. The summed E-state index contributed by atoms with van der Waals surface area (Å²) < 4.78 is 7.12. The van der Waals surface area contributed by atoms with E-state index in [1.54, 1.807) is 25.3 Å². The highest BCUT2D eigenvalue weighted by Crippen LogP contribution is 2.25. The predicted molar refractivity (Wildman–Crippen MR) is 108 cm³/mol. The number of nitrogens with zero attached hydrogens (tertiary/aromatic N) is 2. The lowest BCUT2D eigenvalue weighted by Gasteiger charge is -2.09. The summed E-state index contributed by atoms with van der Waals surface area (Å²) in [6, 6.07) is 12.6. The van der Waals surface area contributed by atoms with E-state index in [2.05, 4.69) is 10.4 Å². The maximum Gasteiger partial charge on any atom is 0.255 e. The lowest BCUT2D eigenvalue weighted by Crippen LogP contribution is -2.13. The molecule has 0 aliphatic heterocycles. The molecule has 5 nitrogen and oxygen atoms in total. The van der Waals surface area contributed by atoms with Crippen molar-refractivity contribution < 1.29 is 9.53 Å². The normalized spacial score (nSPS) is 10.7. The molecule has 1 amide bonds. The van der Waals surface area contributed by atoms with Gasteiger partial charge in [-0.15, -0.1) is 0 Å². The molecule has 0 bridgehead atoms. The highest BCUT2D eigenvalue weighted by Gasteiger charge is 2.16. The van der Waals surface area contributed by atoms with Crippen LogP contribution in [0.5, 0.6) is 5.75 Å². The van der Waals surface area contributed by atoms with Gasteiger partial charge in [0.1, 0.15) is 5.75 Å². The number of aromatic nitrogens is 2. The number of hydrogen-bond acceptors (Lipinski definition) is 3. The maximum atomic E-state index is 12.6. The molecule has 0 radical (unpaired) electrons. The summed E-state index contributed by atoms with van der Waals surface area (Å²) in [5.74, 6) is 0.530. The van der Waals surface area contributed by atoms with E-state index < -0.39 is 0 Å². The third-order valence-electron chi connectivity index (χ3n) is 4.27. The van der Waals surface area contributed by atoms with Gasteiger partial charge in [-0.05, 0) is 49.7 Å². The Hall–Kier alpha value is -2.50. The first-order chi connectivity index (χ1) is 12.9. The van der Waals surface area contributed by atoms with Gasteiger partial charge in [-0.25, -0.2) is 0 Å². The van der Waals surface area contributed by atoms with E-state index in [9.17, 15) is 4.79 Å². The van der Waals surface area contributed by atoms with E-state index in [0.717, 1.165) is 22.7 Å². The maximum absolute atomic E-state index is 12.6. The van der Waals surface area contributed by atoms with Crippen LogP contribution in [0.4, 0.5) is 5.69 Å². The number of carbonyl (C=O) groups is 1. The van der Waals surface area contributed by atoms with Crippen molar-refractivity contribution in [2.24, 2.45) is 0 Å². The number of benzene rings is 2. The number of nitrogens with one attached hydrogen (secondary N) is 1. The Morgan fingerprint density at radius 1 is 1.15 bits per heavy atom. The van der Waals surface area contributed by atoms with Gasteiger partial charge in [-0.2, -0.15) is 5.10 Å². The van der Waals surface area contributed by atoms with Crippen LogP contribution in [0.15, 0.2) is 42.5 Å². The molecule has 0 spiro atoms. The van der Waals surface area contributed by atoms with Gasteiger partial charge in [0.05, 0.1) is 40.8 Å². The topological polar surface area (TPSA) is 56.1 Å². The molecule has 2 aromatic carbocycles. The Kier molecular flexibility index (Phi) is 5.73. The van der Waals surface area contributed by atoms with E-state index in [-0.39, 0.29) is 5.91 Å². The van der Waals surface area contributed by atoms with Gasteiger partial charge in [0.2, 0.25) is 0 Å². The molecule has 1 heterocycles. The molecule has 0 saturated heterocycles. The number of rotatable bonds is 5. The summed E-state index contributed by atoms with van der Waals surface area (Å²) in [4.78, 5) is 12.6. The van der Waals surface area contributed by atoms with Gasteiger partial charge in [0.25, 0.3) is 5.91 Å². The van der Waals surface area contributed by atoms with Crippen LogP contribution in [-0.4, -0.2) is 22.8 Å². The highest BCUT2D eigenvalue weighted by atomic mass is 35.5. The van der Waals surface area contributed by atoms with Crippen molar-refractivity contribution >= 4 is 34.8 Å². The van der Waals surface area contributed by atoms with Crippen molar-refractivity contribution in [2.45, 2.75) is 20.4 Å². The minimum absolute atomic E-state index is 0.263. The second kappa shape index (κ2) is 8.03. The second-order valence-electron chi connectivity index (χ2n) is 6.14. The zero-order valence-corrected chi connectivity index (χ0v) is 16.7. The monoisotopic (exact) mass is 403 g/mol. The number of ether oxygens (including phenoxy) is 1. The van der Waals surface area contributed by atoms with Crippen molar-refractivity contribution in [1.82, 2.24) is 9.78 Å². The first kappa shape index (κ1) is 19.3. The van der Waals surface area contributed by atoms with Crippen LogP contribution in [0.3, 0.4) is 0 Å². The van der Waals surface area contributed by atoms with Crippen LogP contribution in [0.2, 0.25) is 10.0 Å². The molecule has 0 aliphatic carbocycles. The molecule has 7 heteroatoms. The Balaban J connectivity index is 1.82. The van der Waals surface area contributed by atoms with Crippen LogP contribution >= 0.6 is 23.2 Å². The quantitative estimate of drug-likeness (QED) is 0.643. The number of halogens is 2. The van der Waals surface area contributed by atoms with E-state index in [0.29, 0.717) is 27.8 Å². The fourth-order valence-corrected chi connectivity index (χ4v) is 3.10. The summed E-state index contributed by atoms with van der Waals surface area (Å²) >= 11 is 11.9. The number of anilines is 1. The smallest absolute Gasteiger partial charge is 0.255 e. The predicted octanol–water partition coefficient (Wildman–Crippen LogP) is 5.12. The first-order valence-electron chi connectivity index (χ1n) is 8.32. The number of methoxy groups -OCH3 is 1.